The number of pyridine rings is 2. The average Bonchev–Trinajstić information content (AvgIpc) is 2.52. The van der Waals surface area contributed by atoms with Crippen LogP contribution in [-0.4, -0.2) is 9.97 Å². The predicted octanol–water partition coefficient (Wildman–Crippen LogP) is 4.75. The molecule has 21 heavy (non-hydrogen) atoms. The highest BCUT2D eigenvalue weighted by Gasteiger charge is 2.02. The van der Waals surface area contributed by atoms with Gasteiger partial charge in [-0.15, -0.1) is 0 Å². The predicted molar refractivity (Wildman–Crippen MR) is 88.5 cm³/mol. The van der Waals surface area contributed by atoms with Crippen molar-refractivity contribution in [3.8, 4) is 0 Å². The number of aromatic nitrogens is 2. The Hall–Kier alpha value is -1.70. The molecule has 2 aromatic heterocycles. The Morgan fingerprint density at radius 3 is 1.52 bits per heavy atom. The van der Waals surface area contributed by atoms with Gasteiger partial charge in [-0.3, -0.25) is 9.97 Å². The molecule has 0 amide bonds. The van der Waals surface area contributed by atoms with Gasteiger partial charge in [-0.1, -0.05) is 38.8 Å². The number of rotatable bonds is 8. The lowest BCUT2D eigenvalue weighted by Gasteiger charge is -2.06. The van der Waals surface area contributed by atoms with E-state index in [4.69, 9.17) is 9.97 Å². The van der Waals surface area contributed by atoms with Crippen LogP contribution in [-0.2, 0) is 19.3 Å². The lowest BCUT2D eigenvalue weighted by molar-refractivity contribution is 0.764. The van der Waals surface area contributed by atoms with Gasteiger partial charge < -0.3 is 0 Å². The SMILES string of the molecule is CCCCc1cccc(Cc2cccc(CCCC)n2)n1. The molecule has 2 rings (SSSR count). The molecule has 112 valence electrons. The topological polar surface area (TPSA) is 25.8 Å². The highest BCUT2D eigenvalue weighted by Crippen LogP contribution is 2.10. The summed E-state index contributed by atoms with van der Waals surface area (Å²) >= 11 is 0. The molecule has 0 saturated heterocycles. The Morgan fingerprint density at radius 1 is 0.667 bits per heavy atom. The normalized spacial score (nSPS) is 10.8. The number of hydrogen-bond donors (Lipinski definition) is 0. The molecule has 0 aliphatic rings. The van der Waals surface area contributed by atoms with E-state index in [1.54, 1.807) is 0 Å². The summed E-state index contributed by atoms with van der Waals surface area (Å²) in [5.74, 6) is 0. The number of unbranched alkanes of at least 4 members (excludes halogenated alkanes) is 2. The molecular formula is C19H26N2. The second-order valence-corrected chi connectivity index (χ2v) is 5.62. The van der Waals surface area contributed by atoms with Gasteiger partial charge in [0.25, 0.3) is 0 Å². The molecule has 2 nitrogen and oxygen atoms in total. The Balaban J connectivity index is 2.03. The number of hydrogen-bond acceptors (Lipinski definition) is 2. The van der Waals surface area contributed by atoms with Crippen molar-refractivity contribution in [3.05, 3.63) is 59.2 Å². The highest BCUT2D eigenvalue weighted by molar-refractivity contribution is 5.19. The minimum Gasteiger partial charge on any atom is -0.257 e. The van der Waals surface area contributed by atoms with Crippen molar-refractivity contribution < 1.29 is 0 Å². The molecule has 0 aliphatic carbocycles. The zero-order chi connectivity index (χ0) is 14.9. The molecule has 0 spiro atoms. The van der Waals surface area contributed by atoms with E-state index in [1.165, 1.54) is 37.1 Å². The van der Waals surface area contributed by atoms with Crippen LogP contribution in [0.4, 0.5) is 0 Å². The standard InChI is InChI=1S/C19H26N2/c1-3-5-9-16-11-7-13-18(20-16)15-19-14-8-12-17(21-19)10-6-4-2/h7-8,11-14H,3-6,9-10,15H2,1-2H3. The summed E-state index contributed by atoms with van der Waals surface area (Å²) in [6.45, 7) is 4.44. The molecule has 0 radical (unpaired) electrons. The van der Waals surface area contributed by atoms with Crippen molar-refractivity contribution in [1.29, 1.82) is 0 Å². The molecule has 2 heterocycles. The first-order valence-electron chi connectivity index (χ1n) is 8.21. The minimum atomic E-state index is 0.833. The largest absolute Gasteiger partial charge is 0.257 e. The van der Waals surface area contributed by atoms with Crippen LogP contribution in [0.15, 0.2) is 36.4 Å². The zero-order valence-corrected chi connectivity index (χ0v) is 13.3. The summed E-state index contributed by atoms with van der Waals surface area (Å²) in [5, 5.41) is 0. The first-order chi connectivity index (χ1) is 10.3. The average molecular weight is 282 g/mol. The first-order valence-corrected chi connectivity index (χ1v) is 8.21. The lowest BCUT2D eigenvalue weighted by Crippen LogP contribution is -2.00. The third kappa shape index (κ3) is 5.30. The minimum absolute atomic E-state index is 0.833. The van der Waals surface area contributed by atoms with E-state index in [9.17, 15) is 0 Å². The van der Waals surface area contributed by atoms with Crippen LogP contribution < -0.4 is 0 Å². The Kier molecular flexibility index (Phi) is 6.39. The lowest BCUT2D eigenvalue weighted by atomic mass is 10.1. The monoisotopic (exact) mass is 282 g/mol. The van der Waals surface area contributed by atoms with Crippen LogP contribution in [0, 0.1) is 0 Å². The maximum absolute atomic E-state index is 4.76. The molecule has 0 atom stereocenters. The molecule has 0 aromatic carbocycles. The van der Waals surface area contributed by atoms with Gasteiger partial charge in [0.1, 0.15) is 0 Å². The van der Waals surface area contributed by atoms with E-state index in [0.29, 0.717) is 0 Å². The van der Waals surface area contributed by atoms with Crippen molar-refractivity contribution >= 4 is 0 Å². The van der Waals surface area contributed by atoms with E-state index < -0.39 is 0 Å². The van der Waals surface area contributed by atoms with E-state index in [0.717, 1.165) is 30.7 Å². The Bertz CT molecular complexity index is 499. The van der Waals surface area contributed by atoms with Gasteiger partial charge in [0.2, 0.25) is 0 Å². The summed E-state index contributed by atoms with van der Waals surface area (Å²) in [5.41, 5.74) is 4.67. The quantitative estimate of drug-likeness (QED) is 0.698. The molecule has 0 aliphatic heterocycles. The van der Waals surface area contributed by atoms with Gasteiger partial charge in [-0.05, 0) is 49.9 Å². The van der Waals surface area contributed by atoms with Gasteiger partial charge in [-0.25, -0.2) is 0 Å². The molecular weight excluding hydrogens is 256 g/mol. The Labute approximate surface area is 128 Å². The third-order valence-electron chi connectivity index (χ3n) is 3.66. The molecule has 0 saturated carbocycles. The summed E-state index contributed by atoms with van der Waals surface area (Å²) in [6, 6.07) is 12.7. The second kappa shape index (κ2) is 8.56. The fourth-order valence-corrected chi connectivity index (χ4v) is 2.44. The fourth-order valence-electron chi connectivity index (χ4n) is 2.44. The van der Waals surface area contributed by atoms with E-state index in [1.807, 2.05) is 0 Å². The van der Waals surface area contributed by atoms with Crippen molar-refractivity contribution in [2.75, 3.05) is 0 Å². The van der Waals surface area contributed by atoms with Crippen LogP contribution in [0.25, 0.3) is 0 Å². The van der Waals surface area contributed by atoms with Crippen LogP contribution in [0.2, 0.25) is 0 Å². The van der Waals surface area contributed by atoms with E-state index in [2.05, 4.69) is 50.2 Å². The smallest absolute Gasteiger partial charge is 0.0466 e. The van der Waals surface area contributed by atoms with Gasteiger partial charge in [0.15, 0.2) is 0 Å². The van der Waals surface area contributed by atoms with E-state index in [-0.39, 0.29) is 0 Å². The molecule has 2 aromatic rings. The second-order valence-electron chi connectivity index (χ2n) is 5.62. The molecule has 0 N–H and O–H groups in total. The van der Waals surface area contributed by atoms with Crippen molar-refractivity contribution in [1.82, 2.24) is 9.97 Å². The number of nitrogens with zero attached hydrogens (tertiary/aromatic N) is 2. The van der Waals surface area contributed by atoms with E-state index >= 15 is 0 Å². The Morgan fingerprint density at radius 2 is 1.10 bits per heavy atom. The maximum atomic E-state index is 4.76. The summed E-state index contributed by atoms with van der Waals surface area (Å²) in [6.07, 6.45) is 7.84. The molecule has 0 bridgehead atoms. The van der Waals surface area contributed by atoms with Gasteiger partial charge >= 0.3 is 0 Å². The fraction of sp³-hybridized carbons (Fsp3) is 0.474. The van der Waals surface area contributed by atoms with Gasteiger partial charge in [0, 0.05) is 29.2 Å². The van der Waals surface area contributed by atoms with Crippen LogP contribution >= 0.6 is 0 Å². The van der Waals surface area contributed by atoms with Crippen molar-refractivity contribution in [2.45, 2.75) is 58.8 Å². The van der Waals surface area contributed by atoms with Crippen molar-refractivity contribution in [2.24, 2.45) is 0 Å². The first kappa shape index (κ1) is 15.7. The summed E-state index contributed by atoms with van der Waals surface area (Å²) in [4.78, 5) is 9.51. The number of aryl methyl sites for hydroxylation is 2. The maximum Gasteiger partial charge on any atom is 0.0466 e. The zero-order valence-electron chi connectivity index (χ0n) is 13.3. The summed E-state index contributed by atoms with van der Waals surface area (Å²) in [7, 11) is 0. The van der Waals surface area contributed by atoms with Gasteiger partial charge in [-0.2, -0.15) is 0 Å². The van der Waals surface area contributed by atoms with Crippen LogP contribution in [0.1, 0.15) is 62.3 Å². The van der Waals surface area contributed by atoms with Crippen LogP contribution in [0.3, 0.4) is 0 Å². The van der Waals surface area contributed by atoms with Crippen molar-refractivity contribution in [3.63, 3.8) is 0 Å². The highest BCUT2D eigenvalue weighted by atomic mass is 14.7. The molecule has 2 heteroatoms. The van der Waals surface area contributed by atoms with Gasteiger partial charge in [0.05, 0.1) is 0 Å². The molecule has 0 fully saturated rings. The van der Waals surface area contributed by atoms with Crippen LogP contribution in [0.5, 0.6) is 0 Å². The molecule has 0 unspecified atom stereocenters. The summed E-state index contributed by atoms with van der Waals surface area (Å²) < 4.78 is 0. The third-order valence-corrected chi connectivity index (χ3v) is 3.66.